The van der Waals surface area contributed by atoms with Gasteiger partial charge in [0, 0.05) is 24.1 Å². The molecule has 0 bridgehead atoms. The first-order valence-electron chi connectivity index (χ1n) is 14.7. The number of sulfonamides is 1. The topological polar surface area (TPSA) is 98.1 Å². The summed E-state index contributed by atoms with van der Waals surface area (Å²) in [5.41, 5.74) is 3.55. The zero-order chi connectivity index (χ0) is 31.8. The number of furan rings is 1. The number of halogens is 1. The van der Waals surface area contributed by atoms with Crippen LogP contribution in [-0.4, -0.2) is 45.9 Å². The van der Waals surface area contributed by atoms with Crippen LogP contribution >= 0.6 is 0 Å². The fourth-order valence-electron chi connectivity index (χ4n) is 5.73. The molecule has 0 spiro atoms. The van der Waals surface area contributed by atoms with E-state index in [-0.39, 0.29) is 17.6 Å². The van der Waals surface area contributed by atoms with Crippen molar-refractivity contribution < 1.29 is 31.3 Å². The number of carbonyl (C=O) groups is 1. The Morgan fingerprint density at radius 3 is 2.18 bits per heavy atom. The highest BCUT2D eigenvalue weighted by atomic mass is 32.2. The Morgan fingerprint density at radius 2 is 1.64 bits per heavy atom. The number of benzene rings is 3. The highest BCUT2D eigenvalue weighted by Gasteiger charge is 2.52. The lowest BCUT2D eigenvalue weighted by molar-refractivity contribution is 0.00578. The van der Waals surface area contributed by atoms with Crippen molar-refractivity contribution in [3.8, 4) is 11.3 Å². The molecule has 3 aromatic carbocycles. The molecule has 1 saturated carbocycles. The van der Waals surface area contributed by atoms with E-state index < -0.39 is 34.2 Å². The summed E-state index contributed by atoms with van der Waals surface area (Å²) in [6.45, 7) is 9.87. The third-order valence-corrected chi connectivity index (χ3v) is 10.0. The third kappa shape index (κ3) is 5.20. The molecule has 2 heterocycles. The minimum atomic E-state index is -3.83. The van der Waals surface area contributed by atoms with Crippen LogP contribution in [0.3, 0.4) is 0 Å². The van der Waals surface area contributed by atoms with Crippen LogP contribution in [0.15, 0.2) is 59.0 Å². The van der Waals surface area contributed by atoms with Crippen LogP contribution < -0.4 is 15.1 Å². The molecule has 1 aliphatic carbocycles. The van der Waals surface area contributed by atoms with Crippen LogP contribution in [0.25, 0.3) is 22.3 Å². The molecule has 2 aliphatic rings. The molecule has 1 aromatic heterocycles. The van der Waals surface area contributed by atoms with E-state index in [2.05, 4.69) is 5.32 Å². The highest BCUT2D eigenvalue weighted by Crippen LogP contribution is 2.49. The molecule has 0 unspecified atom stereocenters. The molecule has 11 heteroatoms. The molecule has 8 nitrogen and oxygen atoms in total. The number of aryl methyl sites for hydroxylation is 1. The first kappa shape index (κ1) is 30.4. The summed E-state index contributed by atoms with van der Waals surface area (Å²) < 4.78 is 60.8. The molecule has 230 valence electrons. The number of nitrogens with one attached hydrogen (secondary N) is 1. The van der Waals surface area contributed by atoms with Gasteiger partial charge >= 0.3 is 7.12 Å². The van der Waals surface area contributed by atoms with Crippen molar-refractivity contribution in [2.24, 2.45) is 0 Å². The lowest BCUT2D eigenvalue weighted by Crippen LogP contribution is -2.41. The van der Waals surface area contributed by atoms with Crippen molar-refractivity contribution in [2.45, 2.75) is 64.6 Å². The van der Waals surface area contributed by atoms with Gasteiger partial charge in [0.25, 0.3) is 5.91 Å². The molecule has 1 saturated heterocycles. The van der Waals surface area contributed by atoms with E-state index in [9.17, 15) is 17.6 Å². The molecule has 1 amide bonds. The van der Waals surface area contributed by atoms with Gasteiger partial charge in [0.1, 0.15) is 17.2 Å². The zero-order valence-corrected chi connectivity index (χ0v) is 26.8. The lowest BCUT2D eigenvalue weighted by Gasteiger charge is -2.32. The van der Waals surface area contributed by atoms with Gasteiger partial charge in [-0.1, -0.05) is 6.07 Å². The minimum Gasteiger partial charge on any atom is -0.455 e. The number of nitrogens with zero attached hydrogens (tertiary/aromatic N) is 1. The van der Waals surface area contributed by atoms with Gasteiger partial charge < -0.3 is 19.0 Å². The second-order valence-corrected chi connectivity index (χ2v) is 14.6. The summed E-state index contributed by atoms with van der Waals surface area (Å²) in [6.07, 6.45) is 2.97. The van der Waals surface area contributed by atoms with Crippen LogP contribution in [0, 0.1) is 12.7 Å². The number of anilines is 2. The highest BCUT2D eigenvalue weighted by molar-refractivity contribution is 7.92. The van der Waals surface area contributed by atoms with Gasteiger partial charge in [-0.2, -0.15) is 0 Å². The van der Waals surface area contributed by atoms with Crippen molar-refractivity contribution in [1.29, 1.82) is 0 Å². The standard InChI is InChI=1S/C33H36BFN2O6S/c1-19-16-23(14-15-26(19)34-42-32(2,3)33(4,5)43-34)37(44(7,39)40)27-18-28-25(17-24(27)20-8-9-20)29(31(38)36-6)30(41-28)21-10-12-22(35)13-11-21/h10-18,20H,8-9H2,1-7H3,(H,36,38). The van der Waals surface area contributed by atoms with Crippen LogP contribution in [0.4, 0.5) is 15.8 Å². The van der Waals surface area contributed by atoms with Crippen molar-refractivity contribution >= 4 is 50.9 Å². The van der Waals surface area contributed by atoms with Gasteiger partial charge in [-0.15, -0.1) is 0 Å². The molecule has 1 aliphatic heterocycles. The Hall–Kier alpha value is -3.67. The molecule has 0 atom stereocenters. The Kier molecular flexibility index (Phi) is 7.22. The summed E-state index contributed by atoms with van der Waals surface area (Å²) in [5.74, 6) is -0.350. The average molecular weight is 619 g/mol. The van der Waals surface area contributed by atoms with E-state index in [1.165, 1.54) is 29.7 Å². The Morgan fingerprint density at radius 1 is 1.00 bits per heavy atom. The molecule has 0 radical (unpaired) electrons. The fraction of sp³-hybridized carbons (Fsp3) is 0.364. The van der Waals surface area contributed by atoms with Crippen LogP contribution in [0.2, 0.25) is 0 Å². The van der Waals surface area contributed by atoms with E-state index in [0.29, 0.717) is 33.5 Å². The molecular weight excluding hydrogens is 582 g/mol. The molecule has 44 heavy (non-hydrogen) atoms. The summed E-state index contributed by atoms with van der Waals surface area (Å²) in [7, 11) is -2.88. The van der Waals surface area contributed by atoms with E-state index in [4.69, 9.17) is 13.7 Å². The van der Waals surface area contributed by atoms with Gasteiger partial charge in [-0.3, -0.25) is 4.79 Å². The Balaban J connectivity index is 1.51. The van der Waals surface area contributed by atoms with E-state index in [1.807, 2.05) is 52.8 Å². The lowest BCUT2D eigenvalue weighted by atomic mass is 9.76. The van der Waals surface area contributed by atoms with Gasteiger partial charge in [0.05, 0.1) is 34.4 Å². The maximum absolute atomic E-state index is 13.7. The SMILES string of the molecule is CNC(=O)c1c(-c2ccc(F)cc2)oc2cc(N(c3ccc(B4OC(C)(C)C(C)(C)O4)c(C)c3)S(C)(=O)=O)c(C3CC3)cc12. The monoisotopic (exact) mass is 618 g/mol. The van der Waals surface area contributed by atoms with Gasteiger partial charge in [0.15, 0.2) is 0 Å². The second-order valence-electron chi connectivity index (χ2n) is 12.7. The molecule has 4 aromatic rings. The predicted octanol–water partition coefficient (Wildman–Crippen LogP) is 6.18. The smallest absolute Gasteiger partial charge is 0.455 e. The number of fused-ring (bicyclic) bond motifs is 1. The molecular formula is C33H36BFN2O6S. The van der Waals surface area contributed by atoms with Gasteiger partial charge in [-0.25, -0.2) is 17.1 Å². The van der Waals surface area contributed by atoms with Gasteiger partial charge in [-0.05, 0) is 112 Å². The van der Waals surface area contributed by atoms with E-state index in [1.54, 1.807) is 24.3 Å². The van der Waals surface area contributed by atoms with E-state index in [0.717, 1.165) is 29.4 Å². The second kappa shape index (κ2) is 10.5. The van der Waals surface area contributed by atoms with Crippen LogP contribution in [0.1, 0.15) is 67.9 Å². The number of carbonyl (C=O) groups excluding carboxylic acids is 1. The Labute approximate surface area is 257 Å². The van der Waals surface area contributed by atoms with Crippen molar-refractivity contribution in [1.82, 2.24) is 5.32 Å². The van der Waals surface area contributed by atoms with Crippen LogP contribution in [0.5, 0.6) is 0 Å². The van der Waals surface area contributed by atoms with Crippen molar-refractivity contribution in [3.05, 3.63) is 77.1 Å². The van der Waals surface area contributed by atoms with Crippen LogP contribution in [-0.2, 0) is 19.3 Å². The van der Waals surface area contributed by atoms with E-state index >= 15 is 0 Å². The predicted molar refractivity (Wildman–Crippen MR) is 171 cm³/mol. The summed E-state index contributed by atoms with van der Waals surface area (Å²) in [5, 5.41) is 3.24. The fourth-order valence-corrected chi connectivity index (χ4v) is 6.74. The maximum Gasteiger partial charge on any atom is 0.495 e. The quantitative estimate of drug-likeness (QED) is 0.249. The summed E-state index contributed by atoms with van der Waals surface area (Å²) in [6, 6.07) is 14.7. The number of hydrogen-bond acceptors (Lipinski definition) is 6. The number of rotatable bonds is 7. The number of hydrogen-bond donors (Lipinski definition) is 1. The molecule has 2 fully saturated rings. The van der Waals surface area contributed by atoms with Crippen molar-refractivity contribution in [2.75, 3.05) is 17.6 Å². The first-order valence-corrected chi connectivity index (χ1v) is 16.5. The summed E-state index contributed by atoms with van der Waals surface area (Å²) in [4.78, 5) is 13.1. The van der Waals surface area contributed by atoms with Gasteiger partial charge in [0.2, 0.25) is 10.0 Å². The zero-order valence-electron chi connectivity index (χ0n) is 25.9. The average Bonchev–Trinajstić information content (AvgIpc) is 3.67. The largest absolute Gasteiger partial charge is 0.495 e. The minimum absolute atomic E-state index is 0.130. The number of amides is 1. The van der Waals surface area contributed by atoms with Crippen molar-refractivity contribution in [3.63, 3.8) is 0 Å². The molecule has 6 rings (SSSR count). The third-order valence-electron chi connectivity index (χ3n) is 8.96. The normalized spacial score (nSPS) is 17.7. The maximum atomic E-state index is 13.7. The first-order chi connectivity index (χ1) is 20.6. The molecule has 1 N–H and O–H groups in total. The summed E-state index contributed by atoms with van der Waals surface area (Å²) >= 11 is 0. The Bertz CT molecular complexity index is 1880.